The van der Waals surface area contributed by atoms with Crippen LogP contribution in [0.2, 0.25) is 0 Å². The second-order valence-electron chi connectivity index (χ2n) is 8.86. The molecule has 1 saturated heterocycles. The third-order valence-electron chi connectivity index (χ3n) is 6.13. The zero-order valence-corrected chi connectivity index (χ0v) is 21.8. The molecule has 190 valence electrons. The minimum atomic E-state index is -0.361. The standard InChI is InChI=1S/C28H30N6O2S/c1-3-7-20(8-4-2)23-16-25(36-33-23)26(35)31-22-10-6-5-9-21(22)27-32-24-15-19(17-30-28(24)37-27)18-34-13-11-29-12-14-34/h3,5-10,15-17,29H,4,11-14,18H2,1-2H3,(H,31,35)/b7-3-,20-8+. The van der Waals surface area contributed by atoms with Crippen molar-refractivity contribution in [2.24, 2.45) is 0 Å². The average molecular weight is 515 g/mol. The first-order valence-electron chi connectivity index (χ1n) is 12.5. The van der Waals surface area contributed by atoms with Gasteiger partial charge in [-0.15, -0.1) is 0 Å². The number of carbonyl (C=O) groups excluding carboxylic acids is 1. The number of anilines is 1. The molecule has 0 bridgehead atoms. The number of hydrogen-bond acceptors (Lipinski definition) is 8. The molecule has 0 saturated carbocycles. The van der Waals surface area contributed by atoms with Crippen LogP contribution in [-0.2, 0) is 6.54 Å². The fourth-order valence-electron chi connectivity index (χ4n) is 4.33. The molecule has 3 aromatic heterocycles. The van der Waals surface area contributed by atoms with E-state index < -0.39 is 0 Å². The molecular formula is C28H30N6O2S. The highest BCUT2D eigenvalue weighted by molar-refractivity contribution is 7.21. The van der Waals surface area contributed by atoms with Crippen molar-refractivity contribution in [3.8, 4) is 10.6 Å². The molecule has 5 rings (SSSR count). The van der Waals surface area contributed by atoms with Gasteiger partial charge in [-0.2, -0.15) is 0 Å². The van der Waals surface area contributed by atoms with Crippen LogP contribution in [0.25, 0.3) is 26.5 Å². The lowest BCUT2D eigenvalue weighted by Gasteiger charge is -2.26. The number of benzene rings is 1. The fourth-order valence-corrected chi connectivity index (χ4v) is 5.26. The lowest BCUT2D eigenvalue weighted by molar-refractivity contribution is 0.0988. The van der Waals surface area contributed by atoms with E-state index in [1.165, 1.54) is 11.3 Å². The molecule has 1 aliphatic rings. The Balaban J connectivity index is 1.36. The molecule has 1 fully saturated rings. The van der Waals surface area contributed by atoms with Gasteiger partial charge < -0.3 is 15.2 Å². The fraction of sp³-hybridized carbons (Fsp3) is 0.286. The number of piperazine rings is 1. The van der Waals surface area contributed by atoms with Crippen molar-refractivity contribution in [3.05, 3.63) is 77.8 Å². The predicted octanol–water partition coefficient (Wildman–Crippen LogP) is 5.37. The normalized spacial score (nSPS) is 15.0. The number of pyridine rings is 1. The van der Waals surface area contributed by atoms with Crippen LogP contribution in [0.1, 0.15) is 42.1 Å². The van der Waals surface area contributed by atoms with Crippen molar-refractivity contribution >= 4 is 38.9 Å². The Morgan fingerprint density at radius 3 is 2.89 bits per heavy atom. The van der Waals surface area contributed by atoms with Crippen molar-refractivity contribution in [2.45, 2.75) is 26.8 Å². The third-order valence-corrected chi connectivity index (χ3v) is 7.14. The smallest absolute Gasteiger partial charge is 0.294 e. The number of amides is 1. The van der Waals surface area contributed by atoms with Crippen molar-refractivity contribution in [1.29, 1.82) is 0 Å². The van der Waals surface area contributed by atoms with Gasteiger partial charge in [0.2, 0.25) is 5.76 Å². The van der Waals surface area contributed by atoms with Gasteiger partial charge in [-0.25, -0.2) is 9.97 Å². The number of carbonyl (C=O) groups is 1. The molecule has 8 nitrogen and oxygen atoms in total. The van der Waals surface area contributed by atoms with Crippen LogP contribution in [0.3, 0.4) is 0 Å². The van der Waals surface area contributed by atoms with Gasteiger partial charge in [-0.1, -0.05) is 53.8 Å². The van der Waals surface area contributed by atoms with E-state index in [0.717, 1.165) is 71.2 Å². The molecule has 1 aromatic carbocycles. The van der Waals surface area contributed by atoms with E-state index in [1.54, 1.807) is 6.07 Å². The van der Waals surface area contributed by atoms with E-state index in [1.807, 2.05) is 55.6 Å². The number of allylic oxidation sites excluding steroid dienone is 4. The van der Waals surface area contributed by atoms with Crippen LogP contribution in [0.5, 0.6) is 0 Å². The van der Waals surface area contributed by atoms with E-state index >= 15 is 0 Å². The molecule has 1 aliphatic heterocycles. The number of nitrogens with one attached hydrogen (secondary N) is 2. The number of rotatable bonds is 8. The minimum absolute atomic E-state index is 0.153. The second-order valence-corrected chi connectivity index (χ2v) is 9.83. The van der Waals surface area contributed by atoms with Crippen LogP contribution in [-0.4, -0.2) is 52.1 Å². The highest BCUT2D eigenvalue weighted by Crippen LogP contribution is 2.34. The van der Waals surface area contributed by atoms with Crippen molar-refractivity contribution in [3.63, 3.8) is 0 Å². The van der Waals surface area contributed by atoms with Gasteiger partial charge >= 0.3 is 0 Å². The Labute approximate surface area is 220 Å². The van der Waals surface area contributed by atoms with E-state index in [0.29, 0.717) is 11.4 Å². The third kappa shape index (κ3) is 5.85. The summed E-state index contributed by atoms with van der Waals surface area (Å²) in [5, 5.41) is 11.3. The summed E-state index contributed by atoms with van der Waals surface area (Å²) in [5.74, 6) is -0.208. The molecular weight excluding hydrogens is 484 g/mol. The topological polar surface area (TPSA) is 96.2 Å². The average Bonchev–Trinajstić information content (AvgIpc) is 3.57. The molecule has 0 unspecified atom stereocenters. The van der Waals surface area contributed by atoms with E-state index in [9.17, 15) is 4.79 Å². The Morgan fingerprint density at radius 1 is 1.24 bits per heavy atom. The summed E-state index contributed by atoms with van der Waals surface area (Å²) >= 11 is 1.51. The molecule has 0 spiro atoms. The lowest BCUT2D eigenvalue weighted by Crippen LogP contribution is -2.42. The van der Waals surface area contributed by atoms with Gasteiger partial charge in [0.05, 0.1) is 5.69 Å². The zero-order valence-electron chi connectivity index (χ0n) is 21.0. The molecule has 37 heavy (non-hydrogen) atoms. The summed E-state index contributed by atoms with van der Waals surface area (Å²) in [7, 11) is 0. The zero-order chi connectivity index (χ0) is 25.6. The molecule has 0 aliphatic carbocycles. The van der Waals surface area contributed by atoms with Crippen molar-refractivity contribution in [2.75, 3.05) is 31.5 Å². The van der Waals surface area contributed by atoms with Crippen LogP contribution in [0.4, 0.5) is 5.69 Å². The Hall–Kier alpha value is -3.66. The predicted molar refractivity (Wildman–Crippen MR) is 149 cm³/mol. The Morgan fingerprint density at radius 2 is 2.08 bits per heavy atom. The van der Waals surface area contributed by atoms with Gasteiger partial charge in [0.25, 0.3) is 5.91 Å². The number of para-hydroxylation sites is 1. The van der Waals surface area contributed by atoms with Crippen LogP contribution >= 0.6 is 11.3 Å². The summed E-state index contributed by atoms with van der Waals surface area (Å²) in [6.45, 7) is 8.96. The van der Waals surface area contributed by atoms with Crippen LogP contribution < -0.4 is 10.6 Å². The summed E-state index contributed by atoms with van der Waals surface area (Å²) < 4.78 is 5.37. The largest absolute Gasteiger partial charge is 0.350 e. The summed E-state index contributed by atoms with van der Waals surface area (Å²) in [6.07, 6.45) is 8.74. The van der Waals surface area contributed by atoms with Gasteiger partial charge in [0.15, 0.2) is 0 Å². The lowest BCUT2D eigenvalue weighted by atomic mass is 10.1. The molecule has 2 N–H and O–H groups in total. The molecule has 9 heteroatoms. The number of aromatic nitrogens is 3. The van der Waals surface area contributed by atoms with Crippen molar-refractivity contribution in [1.82, 2.24) is 25.3 Å². The second kappa shape index (κ2) is 11.6. The summed E-state index contributed by atoms with van der Waals surface area (Å²) in [4.78, 5) is 25.9. The summed E-state index contributed by atoms with van der Waals surface area (Å²) in [5.41, 5.74) is 5.07. The number of thiazole rings is 1. The molecule has 0 radical (unpaired) electrons. The first kappa shape index (κ1) is 25.0. The van der Waals surface area contributed by atoms with E-state index in [-0.39, 0.29) is 11.7 Å². The monoisotopic (exact) mass is 514 g/mol. The van der Waals surface area contributed by atoms with Gasteiger partial charge in [0, 0.05) is 50.6 Å². The SMILES string of the molecule is C/C=C\C(=C/CC)c1cc(C(=O)Nc2ccccc2-c2nc3cc(CN4CCNCC4)cnc3s2)on1. The van der Waals surface area contributed by atoms with Gasteiger partial charge in [-0.05, 0) is 42.7 Å². The number of fused-ring (bicyclic) bond motifs is 1. The maximum Gasteiger partial charge on any atom is 0.294 e. The number of hydrogen-bond donors (Lipinski definition) is 2. The quantitative estimate of drug-likeness (QED) is 0.305. The molecule has 1 amide bonds. The highest BCUT2D eigenvalue weighted by atomic mass is 32.1. The van der Waals surface area contributed by atoms with E-state index in [4.69, 9.17) is 9.51 Å². The minimum Gasteiger partial charge on any atom is -0.350 e. The van der Waals surface area contributed by atoms with E-state index in [2.05, 4.69) is 38.7 Å². The maximum atomic E-state index is 13.0. The maximum absolute atomic E-state index is 13.0. The van der Waals surface area contributed by atoms with Gasteiger partial charge in [-0.3, -0.25) is 9.69 Å². The van der Waals surface area contributed by atoms with Crippen LogP contribution in [0.15, 0.2) is 65.3 Å². The first-order valence-corrected chi connectivity index (χ1v) is 13.4. The van der Waals surface area contributed by atoms with Gasteiger partial charge in [0.1, 0.15) is 21.0 Å². The van der Waals surface area contributed by atoms with Crippen LogP contribution in [0, 0.1) is 0 Å². The number of nitrogens with zero attached hydrogens (tertiary/aromatic N) is 4. The van der Waals surface area contributed by atoms with Crippen molar-refractivity contribution < 1.29 is 9.32 Å². The highest BCUT2D eigenvalue weighted by Gasteiger charge is 2.18. The Bertz CT molecular complexity index is 1450. The summed E-state index contributed by atoms with van der Waals surface area (Å²) in [6, 6.07) is 11.4. The first-order chi connectivity index (χ1) is 18.1. The molecule has 4 aromatic rings. The Kier molecular flexibility index (Phi) is 7.84. The molecule has 0 atom stereocenters. The molecule has 4 heterocycles.